The van der Waals surface area contributed by atoms with Crippen molar-refractivity contribution in [1.29, 1.82) is 0 Å². The molecular weight excluding hydrogens is 196 g/mol. The van der Waals surface area contributed by atoms with E-state index in [9.17, 15) is 0 Å². The molecule has 2 nitrogen and oxygen atoms in total. The summed E-state index contributed by atoms with van der Waals surface area (Å²) >= 11 is 0. The van der Waals surface area contributed by atoms with E-state index >= 15 is 0 Å². The molecule has 2 atom stereocenters. The number of hydrogen-bond acceptors (Lipinski definition) is 2. The minimum absolute atomic E-state index is 0.801. The van der Waals surface area contributed by atoms with Crippen LogP contribution in [0.1, 0.15) is 51.9 Å². The fraction of sp³-hybridized carbons (Fsp3) is 1.00. The van der Waals surface area contributed by atoms with E-state index in [1.807, 2.05) is 0 Å². The van der Waals surface area contributed by atoms with Gasteiger partial charge < -0.3 is 10.2 Å². The lowest BCUT2D eigenvalue weighted by atomic mass is 9.84. The first-order chi connectivity index (χ1) is 7.81. The SMILES string of the molecule is CCCNC1CCCCC1CN(C)C1CC1. The van der Waals surface area contributed by atoms with Gasteiger partial charge in [0.1, 0.15) is 0 Å². The third-order valence-electron chi connectivity index (χ3n) is 4.26. The predicted molar refractivity (Wildman–Crippen MR) is 69.7 cm³/mol. The van der Waals surface area contributed by atoms with Gasteiger partial charge in [0.2, 0.25) is 0 Å². The van der Waals surface area contributed by atoms with Crippen LogP contribution < -0.4 is 5.32 Å². The van der Waals surface area contributed by atoms with Crippen LogP contribution in [0.25, 0.3) is 0 Å². The maximum Gasteiger partial charge on any atom is 0.0107 e. The van der Waals surface area contributed by atoms with Crippen LogP contribution in [0, 0.1) is 5.92 Å². The van der Waals surface area contributed by atoms with Crippen molar-refractivity contribution >= 4 is 0 Å². The molecule has 0 bridgehead atoms. The fourth-order valence-corrected chi connectivity index (χ4v) is 3.06. The largest absolute Gasteiger partial charge is 0.314 e. The molecule has 0 radical (unpaired) electrons. The Kier molecular flexibility index (Phi) is 4.66. The lowest BCUT2D eigenvalue weighted by Gasteiger charge is -2.35. The lowest BCUT2D eigenvalue weighted by Crippen LogP contribution is -2.44. The number of nitrogens with one attached hydrogen (secondary N) is 1. The molecule has 0 spiro atoms. The molecule has 2 aliphatic carbocycles. The normalized spacial score (nSPS) is 30.9. The summed E-state index contributed by atoms with van der Waals surface area (Å²) in [5.74, 6) is 0.908. The van der Waals surface area contributed by atoms with Crippen LogP contribution in [0.5, 0.6) is 0 Å². The molecule has 0 aromatic heterocycles. The summed E-state index contributed by atoms with van der Waals surface area (Å²) < 4.78 is 0. The Hall–Kier alpha value is -0.0800. The number of hydrogen-bond donors (Lipinski definition) is 1. The van der Waals surface area contributed by atoms with E-state index in [-0.39, 0.29) is 0 Å². The molecule has 0 aromatic rings. The van der Waals surface area contributed by atoms with Crippen LogP contribution >= 0.6 is 0 Å². The van der Waals surface area contributed by atoms with Crippen LogP contribution in [-0.4, -0.2) is 37.1 Å². The van der Waals surface area contributed by atoms with E-state index in [1.165, 1.54) is 58.0 Å². The minimum atomic E-state index is 0.801. The first-order valence-electron chi connectivity index (χ1n) is 7.25. The summed E-state index contributed by atoms with van der Waals surface area (Å²) in [6.07, 6.45) is 9.88. The van der Waals surface area contributed by atoms with Gasteiger partial charge in [-0.2, -0.15) is 0 Å². The van der Waals surface area contributed by atoms with Crippen molar-refractivity contribution < 1.29 is 0 Å². The molecule has 0 heterocycles. The standard InChI is InChI=1S/C14H28N2/c1-3-10-15-14-7-5-4-6-12(14)11-16(2)13-8-9-13/h12-15H,3-11H2,1-2H3. The van der Waals surface area contributed by atoms with Gasteiger partial charge in [-0.05, 0) is 51.6 Å². The van der Waals surface area contributed by atoms with E-state index < -0.39 is 0 Å². The van der Waals surface area contributed by atoms with Gasteiger partial charge in [0, 0.05) is 18.6 Å². The van der Waals surface area contributed by atoms with E-state index in [2.05, 4.69) is 24.2 Å². The summed E-state index contributed by atoms with van der Waals surface area (Å²) in [5.41, 5.74) is 0. The Balaban J connectivity index is 1.78. The molecule has 0 aliphatic heterocycles. The Morgan fingerprint density at radius 1 is 1.12 bits per heavy atom. The highest BCUT2D eigenvalue weighted by Crippen LogP contribution is 2.30. The summed E-state index contributed by atoms with van der Waals surface area (Å²) in [6, 6.07) is 1.73. The van der Waals surface area contributed by atoms with Crippen LogP contribution in [0.15, 0.2) is 0 Å². The maximum atomic E-state index is 3.76. The molecule has 2 fully saturated rings. The van der Waals surface area contributed by atoms with Gasteiger partial charge in [-0.1, -0.05) is 19.8 Å². The molecule has 2 heteroatoms. The third kappa shape index (κ3) is 3.46. The summed E-state index contributed by atoms with van der Waals surface area (Å²) in [5, 5.41) is 3.76. The van der Waals surface area contributed by atoms with Crippen molar-refractivity contribution in [2.75, 3.05) is 20.1 Å². The highest BCUT2D eigenvalue weighted by Gasteiger charge is 2.31. The molecule has 16 heavy (non-hydrogen) atoms. The summed E-state index contributed by atoms with van der Waals surface area (Å²) in [4.78, 5) is 2.61. The first-order valence-corrected chi connectivity index (χ1v) is 7.25. The predicted octanol–water partition coefficient (Wildman–Crippen LogP) is 2.64. The monoisotopic (exact) mass is 224 g/mol. The number of nitrogens with zero attached hydrogens (tertiary/aromatic N) is 1. The van der Waals surface area contributed by atoms with Crippen LogP contribution in [0.2, 0.25) is 0 Å². The van der Waals surface area contributed by atoms with Gasteiger partial charge in [0.15, 0.2) is 0 Å². The second kappa shape index (κ2) is 6.02. The second-order valence-corrected chi connectivity index (χ2v) is 5.78. The Morgan fingerprint density at radius 2 is 1.88 bits per heavy atom. The lowest BCUT2D eigenvalue weighted by molar-refractivity contribution is 0.185. The smallest absolute Gasteiger partial charge is 0.0107 e. The van der Waals surface area contributed by atoms with E-state index in [0.29, 0.717) is 0 Å². The van der Waals surface area contributed by atoms with E-state index in [1.54, 1.807) is 0 Å². The van der Waals surface area contributed by atoms with Crippen molar-refractivity contribution in [3.05, 3.63) is 0 Å². The Labute approximate surface area is 101 Å². The summed E-state index contributed by atoms with van der Waals surface area (Å²) in [7, 11) is 2.32. The third-order valence-corrected chi connectivity index (χ3v) is 4.26. The maximum absolute atomic E-state index is 3.76. The Bertz CT molecular complexity index is 201. The van der Waals surface area contributed by atoms with E-state index in [4.69, 9.17) is 0 Å². The average molecular weight is 224 g/mol. The van der Waals surface area contributed by atoms with Crippen molar-refractivity contribution in [2.24, 2.45) is 5.92 Å². The summed E-state index contributed by atoms with van der Waals surface area (Å²) in [6.45, 7) is 4.79. The molecule has 2 aliphatic rings. The number of rotatable bonds is 6. The molecular formula is C14H28N2. The van der Waals surface area contributed by atoms with Crippen molar-refractivity contribution in [3.63, 3.8) is 0 Å². The van der Waals surface area contributed by atoms with Gasteiger partial charge in [-0.25, -0.2) is 0 Å². The molecule has 2 saturated carbocycles. The van der Waals surface area contributed by atoms with Gasteiger partial charge >= 0.3 is 0 Å². The minimum Gasteiger partial charge on any atom is -0.314 e. The van der Waals surface area contributed by atoms with Crippen molar-refractivity contribution in [1.82, 2.24) is 10.2 Å². The molecule has 2 unspecified atom stereocenters. The highest BCUT2D eigenvalue weighted by atomic mass is 15.2. The zero-order valence-corrected chi connectivity index (χ0v) is 11.0. The zero-order chi connectivity index (χ0) is 11.4. The molecule has 1 N–H and O–H groups in total. The van der Waals surface area contributed by atoms with Crippen molar-refractivity contribution in [2.45, 2.75) is 64.0 Å². The molecule has 0 aromatic carbocycles. The van der Waals surface area contributed by atoms with Gasteiger partial charge in [-0.15, -0.1) is 0 Å². The molecule has 2 rings (SSSR count). The average Bonchev–Trinajstić information content (AvgIpc) is 3.11. The second-order valence-electron chi connectivity index (χ2n) is 5.78. The first kappa shape index (κ1) is 12.4. The van der Waals surface area contributed by atoms with E-state index in [0.717, 1.165) is 18.0 Å². The zero-order valence-electron chi connectivity index (χ0n) is 11.0. The van der Waals surface area contributed by atoms with Gasteiger partial charge in [-0.3, -0.25) is 0 Å². The van der Waals surface area contributed by atoms with Crippen molar-refractivity contribution in [3.8, 4) is 0 Å². The Morgan fingerprint density at radius 3 is 2.56 bits per heavy atom. The van der Waals surface area contributed by atoms with Gasteiger partial charge in [0.25, 0.3) is 0 Å². The van der Waals surface area contributed by atoms with Crippen LogP contribution in [-0.2, 0) is 0 Å². The van der Waals surface area contributed by atoms with Crippen LogP contribution in [0.3, 0.4) is 0 Å². The molecule has 94 valence electrons. The van der Waals surface area contributed by atoms with Gasteiger partial charge in [0.05, 0.1) is 0 Å². The topological polar surface area (TPSA) is 15.3 Å². The quantitative estimate of drug-likeness (QED) is 0.746. The molecule has 0 saturated heterocycles. The highest BCUT2D eigenvalue weighted by molar-refractivity contribution is 4.88. The molecule has 0 amide bonds. The fourth-order valence-electron chi connectivity index (χ4n) is 3.06. The van der Waals surface area contributed by atoms with Crippen LogP contribution in [0.4, 0.5) is 0 Å².